The Morgan fingerprint density at radius 2 is 1.65 bits per heavy atom. The number of pyridine rings is 1. The number of alkyl halides is 6. The molecular formula is C27H29ClF6N6. The summed E-state index contributed by atoms with van der Waals surface area (Å²) in [6.45, 7) is 5.02. The van der Waals surface area contributed by atoms with Gasteiger partial charge in [-0.15, -0.1) is 10.2 Å². The third kappa shape index (κ3) is 5.15. The highest BCUT2D eigenvalue weighted by Crippen LogP contribution is 2.41. The zero-order valence-electron chi connectivity index (χ0n) is 22.2. The highest BCUT2D eigenvalue weighted by Gasteiger charge is 2.52. The molecule has 0 unspecified atom stereocenters. The van der Waals surface area contributed by atoms with Gasteiger partial charge in [-0.1, -0.05) is 24.6 Å². The van der Waals surface area contributed by atoms with Crippen LogP contribution >= 0.6 is 11.6 Å². The maximum absolute atomic E-state index is 14.0. The van der Waals surface area contributed by atoms with Crippen molar-refractivity contribution in [2.45, 2.75) is 76.9 Å². The molecule has 0 bridgehead atoms. The van der Waals surface area contributed by atoms with Crippen molar-refractivity contribution in [3.8, 4) is 5.69 Å². The summed E-state index contributed by atoms with van der Waals surface area (Å²) in [5.74, 6) is 1.25. The normalized spacial score (nSPS) is 17.5. The zero-order valence-corrected chi connectivity index (χ0v) is 23.0. The predicted molar refractivity (Wildman–Crippen MR) is 139 cm³/mol. The molecule has 40 heavy (non-hydrogen) atoms. The number of halogens is 7. The number of aryl methyl sites for hydroxylation is 1. The van der Waals surface area contributed by atoms with E-state index in [4.69, 9.17) is 11.6 Å². The van der Waals surface area contributed by atoms with Gasteiger partial charge in [0.15, 0.2) is 5.82 Å². The van der Waals surface area contributed by atoms with E-state index in [-0.39, 0.29) is 19.0 Å². The van der Waals surface area contributed by atoms with Crippen LogP contribution in [0.25, 0.3) is 5.69 Å². The molecule has 0 atom stereocenters. The predicted octanol–water partition coefficient (Wildman–Crippen LogP) is 6.94. The Bertz CT molecular complexity index is 1390. The Balaban J connectivity index is 1.46. The van der Waals surface area contributed by atoms with E-state index in [1.165, 1.54) is 11.0 Å². The first kappa shape index (κ1) is 28.7. The molecule has 13 heteroatoms. The molecule has 216 valence electrons. The molecule has 3 aromatic rings. The van der Waals surface area contributed by atoms with E-state index in [1.807, 2.05) is 16.4 Å². The van der Waals surface area contributed by atoms with Gasteiger partial charge in [-0.05, 0) is 68.5 Å². The maximum Gasteiger partial charge on any atom is 0.433 e. The highest BCUT2D eigenvalue weighted by molar-refractivity contribution is 6.30. The van der Waals surface area contributed by atoms with Gasteiger partial charge in [-0.25, -0.2) is 4.98 Å². The summed E-state index contributed by atoms with van der Waals surface area (Å²) >= 11 is 6.25. The van der Waals surface area contributed by atoms with Gasteiger partial charge in [0, 0.05) is 30.6 Å². The summed E-state index contributed by atoms with van der Waals surface area (Å²) in [7, 11) is 0. The topological polar surface area (TPSA) is 50.1 Å². The summed E-state index contributed by atoms with van der Waals surface area (Å²) in [5.41, 5.74) is -1.01. The molecule has 1 fully saturated rings. The number of hydrogen-bond donors (Lipinski definition) is 0. The number of anilines is 1. The van der Waals surface area contributed by atoms with Crippen molar-refractivity contribution in [3.05, 3.63) is 63.8 Å². The first-order valence-electron chi connectivity index (χ1n) is 13.1. The largest absolute Gasteiger partial charge is 0.433 e. The summed E-state index contributed by atoms with van der Waals surface area (Å²) in [6.07, 6.45) is -7.34. The molecule has 2 aliphatic heterocycles. The van der Waals surface area contributed by atoms with E-state index in [1.54, 1.807) is 18.2 Å². The third-order valence-corrected chi connectivity index (χ3v) is 8.24. The van der Waals surface area contributed by atoms with Gasteiger partial charge in [0.05, 0.1) is 12.2 Å². The first-order chi connectivity index (χ1) is 18.7. The van der Waals surface area contributed by atoms with Crippen molar-refractivity contribution in [1.82, 2.24) is 24.6 Å². The maximum atomic E-state index is 14.0. The molecule has 0 amide bonds. The molecule has 6 nitrogen and oxygen atoms in total. The molecule has 2 aromatic heterocycles. The van der Waals surface area contributed by atoms with Crippen LogP contribution in [0.2, 0.25) is 5.02 Å². The van der Waals surface area contributed by atoms with Crippen LogP contribution in [0.1, 0.15) is 68.0 Å². The lowest BCUT2D eigenvalue weighted by molar-refractivity contribution is -0.224. The molecule has 1 aromatic carbocycles. The van der Waals surface area contributed by atoms with Gasteiger partial charge < -0.3 is 4.90 Å². The van der Waals surface area contributed by atoms with E-state index in [2.05, 4.69) is 15.2 Å². The number of nitrogens with zero attached hydrogens (tertiary/aromatic N) is 6. The highest BCUT2D eigenvalue weighted by atomic mass is 35.5. The summed E-state index contributed by atoms with van der Waals surface area (Å²) in [6, 6.07) is 7.61. The second-order valence-corrected chi connectivity index (χ2v) is 11.2. The standard InChI is InChI=1S/C27H29ClF6N6/c1-4-16-5-8-21(26(29,30)31)35-23(16)38-11-9-17(10-12-38)24-37-36-22-15-39(25(2,3)27(32,33)34)14-18-13-19(28)6-7-20(18)40(22)24/h5-8,13,17H,4,9-12,14-15H2,1-3H3. The third-order valence-electron chi connectivity index (χ3n) is 8.00. The fourth-order valence-electron chi connectivity index (χ4n) is 5.40. The van der Waals surface area contributed by atoms with Gasteiger partial charge in [-0.2, -0.15) is 26.3 Å². The van der Waals surface area contributed by atoms with Gasteiger partial charge in [0.25, 0.3) is 0 Å². The van der Waals surface area contributed by atoms with Gasteiger partial charge in [0.1, 0.15) is 22.9 Å². The monoisotopic (exact) mass is 586 g/mol. The number of aromatic nitrogens is 4. The van der Waals surface area contributed by atoms with Crippen molar-refractivity contribution in [2.75, 3.05) is 18.0 Å². The number of rotatable bonds is 4. The minimum Gasteiger partial charge on any atom is -0.356 e. The Morgan fingerprint density at radius 3 is 2.27 bits per heavy atom. The molecule has 0 aliphatic carbocycles. The van der Waals surface area contributed by atoms with Gasteiger partial charge >= 0.3 is 12.4 Å². The van der Waals surface area contributed by atoms with Crippen LogP contribution in [0.5, 0.6) is 0 Å². The van der Waals surface area contributed by atoms with E-state index < -0.39 is 23.6 Å². The Labute approximate surface area is 233 Å². The lowest BCUT2D eigenvalue weighted by atomic mass is 9.95. The fraction of sp³-hybridized carbons (Fsp3) is 0.519. The van der Waals surface area contributed by atoms with Crippen molar-refractivity contribution in [1.29, 1.82) is 0 Å². The van der Waals surface area contributed by atoms with Crippen LogP contribution < -0.4 is 4.90 Å². The molecule has 0 N–H and O–H groups in total. The lowest BCUT2D eigenvalue weighted by Gasteiger charge is -2.38. The van der Waals surface area contributed by atoms with Crippen LogP contribution in [-0.4, -0.2) is 49.5 Å². The SMILES string of the molecule is CCc1ccc(C(F)(F)F)nc1N1CCC(c2nnc3n2-c2ccc(Cl)cc2CN(C(C)(C)C(F)(F)F)C3)CC1. The van der Waals surface area contributed by atoms with Crippen LogP contribution in [0.3, 0.4) is 0 Å². The summed E-state index contributed by atoms with van der Waals surface area (Å²) in [5, 5.41) is 9.16. The summed E-state index contributed by atoms with van der Waals surface area (Å²) < 4.78 is 83.9. The lowest BCUT2D eigenvalue weighted by Crippen LogP contribution is -2.53. The average Bonchev–Trinajstić information content (AvgIpc) is 3.22. The number of benzene rings is 1. The van der Waals surface area contributed by atoms with E-state index >= 15 is 0 Å². The number of piperidine rings is 1. The van der Waals surface area contributed by atoms with Gasteiger partial charge in [-0.3, -0.25) is 9.47 Å². The van der Waals surface area contributed by atoms with Gasteiger partial charge in [0.2, 0.25) is 0 Å². The zero-order chi connectivity index (χ0) is 29.0. The molecule has 2 aliphatic rings. The molecule has 0 radical (unpaired) electrons. The Kier molecular flexibility index (Phi) is 7.31. The number of fused-ring (bicyclic) bond motifs is 3. The molecule has 0 spiro atoms. The van der Waals surface area contributed by atoms with Crippen molar-refractivity contribution < 1.29 is 26.3 Å². The summed E-state index contributed by atoms with van der Waals surface area (Å²) in [4.78, 5) is 7.15. The molecular weight excluding hydrogens is 558 g/mol. The van der Waals surface area contributed by atoms with Crippen molar-refractivity contribution in [3.63, 3.8) is 0 Å². The molecule has 0 saturated carbocycles. The Morgan fingerprint density at radius 1 is 0.950 bits per heavy atom. The minimum atomic E-state index is -4.54. The second kappa shape index (κ2) is 10.2. The van der Waals surface area contributed by atoms with Crippen LogP contribution in [0, 0.1) is 0 Å². The first-order valence-corrected chi connectivity index (χ1v) is 13.4. The quantitative estimate of drug-likeness (QED) is 0.310. The van der Waals surface area contributed by atoms with E-state index in [0.29, 0.717) is 66.1 Å². The van der Waals surface area contributed by atoms with Crippen LogP contribution in [-0.2, 0) is 25.7 Å². The Hall–Kier alpha value is -2.86. The van der Waals surface area contributed by atoms with E-state index in [9.17, 15) is 26.3 Å². The molecule has 4 heterocycles. The fourth-order valence-corrected chi connectivity index (χ4v) is 5.59. The minimum absolute atomic E-state index is 0.0185. The number of hydrogen-bond acceptors (Lipinski definition) is 5. The van der Waals surface area contributed by atoms with E-state index in [0.717, 1.165) is 25.5 Å². The molecule has 5 rings (SSSR count). The smallest absolute Gasteiger partial charge is 0.356 e. The van der Waals surface area contributed by atoms with Crippen molar-refractivity contribution >= 4 is 17.4 Å². The average molecular weight is 587 g/mol. The van der Waals surface area contributed by atoms with Crippen LogP contribution in [0.4, 0.5) is 32.2 Å². The second-order valence-electron chi connectivity index (χ2n) is 10.8. The van der Waals surface area contributed by atoms with Crippen molar-refractivity contribution in [2.24, 2.45) is 0 Å². The van der Waals surface area contributed by atoms with Crippen LogP contribution in [0.15, 0.2) is 30.3 Å². The molecule has 1 saturated heterocycles.